The number of nitrogens with one attached hydrogen (secondary N) is 2. The monoisotopic (exact) mass is 305 g/mol. The molecule has 7 heteroatoms. The lowest BCUT2D eigenvalue weighted by molar-refractivity contribution is 0.0150. The molecule has 2 fully saturated rings. The van der Waals surface area contributed by atoms with Crippen LogP contribution in [0.15, 0.2) is 18.6 Å². The molecule has 1 aromatic rings. The van der Waals surface area contributed by atoms with E-state index in [-0.39, 0.29) is 23.7 Å². The van der Waals surface area contributed by atoms with Gasteiger partial charge in [-0.2, -0.15) is 0 Å². The van der Waals surface area contributed by atoms with Crippen molar-refractivity contribution in [2.75, 3.05) is 25.0 Å². The van der Waals surface area contributed by atoms with Crippen molar-refractivity contribution < 1.29 is 9.53 Å². The molecule has 1 aromatic heterocycles. The maximum absolute atomic E-state index is 12.1. The first-order chi connectivity index (χ1) is 10.6. The van der Waals surface area contributed by atoms with Crippen LogP contribution in [0.25, 0.3) is 0 Å². The van der Waals surface area contributed by atoms with Gasteiger partial charge in [-0.25, -0.2) is 9.78 Å². The fraction of sp³-hybridized carbons (Fsp3) is 0.667. The number of rotatable bonds is 3. The third-order valence-corrected chi connectivity index (χ3v) is 4.14. The zero-order chi connectivity index (χ0) is 15.6. The molecule has 0 unspecified atom stereocenters. The molecule has 3 heterocycles. The largest absolute Gasteiger partial charge is 0.371 e. The summed E-state index contributed by atoms with van der Waals surface area (Å²) in [6.45, 7) is 5.98. The molecule has 2 saturated heterocycles. The lowest BCUT2D eigenvalue weighted by Gasteiger charge is -2.24. The van der Waals surface area contributed by atoms with Gasteiger partial charge in [0.05, 0.1) is 31.0 Å². The van der Waals surface area contributed by atoms with E-state index in [9.17, 15) is 4.79 Å². The Hall–Kier alpha value is -1.89. The van der Waals surface area contributed by atoms with Crippen molar-refractivity contribution in [2.24, 2.45) is 0 Å². The number of likely N-dealkylation sites (tertiary alicyclic amines) is 1. The SMILES string of the molecule is CC(C)NC(=O)N1CC[C@]2(C[C@H](Nc3cnccn3)CO2)C1. The molecule has 2 N–H and O–H groups in total. The van der Waals surface area contributed by atoms with Crippen LogP contribution >= 0.6 is 0 Å². The van der Waals surface area contributed by atoms with Crippen LogP contribution in [-0.2, 0) is 4.74 Å². The highest BCUT2D eigenvalue weighted by Gasteiger charge is 2.46. The van der Waals surface area contributed by atoms with Crippen LogP contribution < -0.4 is 10.6 Å². The van der Waals surface area contributed by atoms with E-state index < -0.39 is 0 Å². The Bertz CT molecular complexity index is 524. The number of hydrogen-bond donors (Lipinski definition) is 2. The smallest absolute Gasteiger partial charge is 0.317 e. The Kier molecular flexibility index (Phi) is 4.15. The summed E-state index contributed by atoms with van der Waals surface area (Å²) in [4.78, 5) is 22.2. The van der Waals surface area contributed by atoms with E-state index in [4.69, 9.17) is 4.74 Å². The number of carbonyl (C=O) groups excluding carboxylic acids is 1. The van der Waals surface area contributed by atoms with Crippen molar-refractivity contribution in [2.45, 2.75) is 44.4 Å². The number of ether oxygens (including phenoxy) is 1. The third kappa shape index (κ3) is 3.30. The van der Waals surface area contributed by atoms with Crippen LogP contribution in [0.5, 0.6) is 0 Å². The van der Waals surface area contributed by atoms with Gasteiger partial charge in [0, 0.05) is 31.4 Å². The van der Waals surface area contributed by atoms with Crippen LogP contribution in [0.2, 0.25) is 0 Å². The Morgan fingerprint density at radius 3 is 3.09 bits per heavy atom. The zero-order valence-corrected chi connectivity index (χ0v) is 13.1. The molecule has 2 aliphatic rings. The summed E-state index contributed by atoms with van der Waals surface area (Å²) in [6.07, 6.45) is 6.80. The zero-order valence-electron chi connectivity index (χ0n) is 13.1. The number of anilines is 1. The third-order valence-electron chi connectivity index (χ3n) is 4.14. The van der Waals surface area contributed by atoms with Crippen molar-refractivity contribution in [3.8, 4) is 0 Å². The minimum absolute atomic E-state index is 0.000750. The minimum Gasteiger partial charge on any atom is -0.371 e. The molecular weight excluding hydrogens is 282 g/mol. The quantitative estimate of drug-likeness (QED) is 0.878. The second-order valence-electron chi connectivity index (χ2n) is 6.41. The van der Waals surface area contributed by atoms with E-state index in [1.54, 1.807) is 18.6 Å². The van der Waals surface area contributed by atoms with Crippen molar-refractivity contribution >= 4 is 11.8 Å². The second kappa shape index (κ2) is 6.08. The molecule has 0 aromatic carbocycles. The van der Waals surface area contributed by atoms with Crippen molar-refractivity contribution in [1.29, 1.82) is 0 Å². The van der Waals surface area contributed by atoms with E-state index >= 15 is 0 Å². The van der Waals surface area contributed by atoms with Crippen molar-refractivity contribution in [3.63, 3.8) is 0 Å². The van der Waals surface area contributed by atoms with Gasteiger partial charge < -0.3 is 20.3 Å². The van der Waals surface area contributed by atoms with Crippen LogP contribution in [0.3, 0.4) is 0 Å². The first-order valence-corrected chi connectivity index (χ1v) is 7.78. The van der Waals surface area contributed by atoms with Gasteiger partial charge in [0.1, 0.15) is 5.82 Å². The molecule has 22 heavy (non-hydrogen) atoms. The summed E-state index contributed by atoms with van der Waals surface area (Å²) in [7, 11) is 0. The summed E-state index contributed by atoms with van der Waals surface area (Å²) in [6, 6.07) is 0.366. The summed E-state index contributed by atoms with van der Waals surface area (Å²) in [5.41, 5.74) is -0.214. The Labute approximate surface area is 130 Å². The van der Waals surface area contributed by atoms with Gasteiger partial charge >= 0.3 is 6.03 Å². The van der Waals surface area contributed by atoms with Crippen LogP contribution in [0.1, 0.15) is 26.7 Å². The maximum atomic E-state index is 12.1. The first kappa shape index (κ1) is 15.0. The molecule has 0 radical (unpaired) electrons. The van der Waals surface area contributed by atoms with E-state index in [1.165, 1.54) is 0 Å². The highest BCUT2D eigenvalue weighted by atomic mass is 16.5. The topological polar surface area (TPSA) is 79.4 Å². The van der Waals surface area contributed by atoms with E-state index in [1.807, 2.05) is 18.7 Å². The second-order valence-corrected chi connectivity index (χ2v) is 6.41. The highest BCUT2D eigenvalue weighted by molar-refractivity contribution is 5.75. The molecule has 0 saturated carbocycles. The lowest BCUT2D eigenvalue weighted by atomic mass is 9.97. The molecular formula is C15H23N5O2. The van der Waals surface area contributed by atoms with Gasteiger partial charge in [-0.1, -0.05) is 0 Å². The average molecular weight is 305 g/mol. The predicted molar refractivity (Wildman–Crippen MR) is 82.6 cm³/mol. The Balaban J connectivity index is 1.55. The van der Waals surface area contributed by atoms with Gasteiger partial charge in [-0.15, -0.1) is 0 Å². The maximum Gasteiger partial charge on any atom is 0.317 e. The molecule has 120 valence electrons. The standard InChI is InChI=1S/C15H23N5O2/c1-11(2)18-14(21)20-6-3-15(10-20)7-12(9-22-15)19-13-8-16-4-5-17-13/h4-5,8,11-12H,3,6-7,9-10H2,1-2H3,(H,17,19)(H,18,21)/t12-,15-/m0/s1. The Morgan fingerprint density at radius 1 is 1.50 bits per heavy atom. The summed E-state index contributed by atoms with van der Waals surface area (Å²) < 4.78 is 6.04. The molecule has 2 amide bonds. The Morgan fingerprint density at radius 2 is 2.36 bits per heavy atom. The molecule has 0 bridgehead atoms. The molecule has 1 spiro atoms. The fourth-order valence-corrected chi connectivity index (χ4v) is 3.16. The lowest BCUT2D eigenvalue weighted by Crippen LogP contribution is -2.44. The summed E-state index contributed by atoms with van der Waals surface area (Å²) in [5, 5.41) is 6.29. The highest BCUT2D eigenvalue weighted by Crippen LogP contribution is 2.35. The number of carbonyl (C=O) groups is 1. The van der Waals surface area contributed by atoms with Gasteiger partial charge in [-0.05, 0) is 20.3 Å². The minimum atomic E-state index is -0.214. The number of amides is 2. The number of nitrogens with zero attached hydrogens (tertiary/aromatic N) is 3. The molecule has 3 rings (SSSR count). The van der Waals surface area contributed by atoms with Crippen LogP contribution in [0, 0.1) is 0 Å². The van der Waals surface area contributed by atoms with Crippen molar-refractivity contribution in [1.82, 2.24) is 20.2 Å². The molecule has 7 nitrogen and oxygen atoms in total. The predicted octanol–water partition coefficient (Wildman–Crippen LogP) is 1.24. The normalized spacial score (nSPS) is 27.6. The fourth-order valence-electron chi connectivity index (χ4n) is 3.16. The van der Waals surface area contributed by atoms with E-state index in [0.717, 1.165) is 25.2 Å². The van der Waals surface area contributed by atoms with Gasteiger partial charge in [0.2, 0.25) is 0 Å². The van der Waals surface area contributed by atoms with Gasteiger partial charge in [0.25, 0.3) is 0 Å². The molecule has 2 aliphatic heterocycles. The van der Waals surface area contributed by atoms with Crippen molar-refractivity contribution in [3.05, 3.63) is 18.6 Å². The number of aromatic nitrogens is 2. The summed E-state index contributed by atoms with van der Waals surface area (Å²) >= 11 is 0. The van der Waals surface area contributed by atoms with Gasteiger partial charge in [0.15, 0.2) is 0 Å². The molecule has 2 atom stereocenters. The first-order valence-electron chi connectivity index (χ1n) is 7.78. The summed E-state index contributed by atoms with van der Waals surface area (Å²) in [5.74, 6) is 0.764. The van der Waals surface area contributed by atoms with Crippen LogP contribution in [0.4, 0.5) is 10.6 Å². The number of hydrogen-bond acceptors (Lipinski definition) is 5. The molecule has 0 aliphatic carbocycles. The average Bonchev–Trinajstić information content (AvgIpc) is 3.07. The number of urea groups is 1. The van der Waals surface area contributed by atoms with E-state index in [0.29, 0.717) is 13.2 Å². The van der Waals surface area contributed by atoms with E-state index in [2.05, 4.69) is 20.6 Å². The van der Waals surface area contributed by atoms with Gasteiger partial charge in [-0.3, -0.25) is 4.98 Å². The van der Waals surface area contributed by atoms with Crippen LogP contribution in [-0.4, -0.2) is 58.3 Å².